The number of pyridine rings is 1. The van der Waals surface area contributed by atoms with Crippen molar-refractivity contribution in [1.29, 1.82) is 0 Å². The van der Waals surface area contributed by atoms with E-state index in [0.717, 1.165) is 21.7 Å². The first-order valence-electron chi connectivity index (χ1n) is 5.90. The van der Waals surface area contributed by atoms with Gasteiger partial charge in [0, 0.05) is 17.8 Å². The van der Waals surface area contributed by atoms with Crippen LogP contribution in [-0.4, -0.2) is 14.6 Å². The number of rotatable bonds is 2. The Balaban J connectivity index is 2.45. The van der Waals surface area contributed by atoms with Gasteiger partial charge < -0.3 is 5.73 Å². The predicted octanol–water partition coefficient (Wildman–Crippen LogP) is 2.59. The zero-order valence-corrected chi connectivity index (χ0v) is 12.0. The fourth-order valence-electron chi connectivity index (χ4n) is 1.86. The van der Waals surface area contributed by atoms with E-state index in [2.05, 4.69) is 35.3 Å². The van der Waals surface area contributed by atoms with Crippen molar-refractivity contribution in [3.8, 4) is 0 Å². The van der Waals surface area contributed by atoms with Gasteiger partial charge in [0.2, 0.25) is 0 Å². The first-order valence-corrected chi connectivity index (χ1v) is 6.67. The van der Waals surface area contributed by atoms with Crippen LogP contribution in [0.4, 0.5) is 0 Å². The van der Waals surface area contributed by atoms with Gasteiger partial charge in [0.1, 0.15) is 0 Å². The molecule has 0 amide bonds. The van der Waals surface area contributed by atoms with Crippen LogP contribution in [0, 0.1) is 6.92 Å². The molecular weight excluding hydrogens is 244 g/mol. The number of aryl methyl sites for hydroxylation is 1. The molecule has 2 aromatic rings. The maximum Gasteiger partial charge on any atom is 0.0860 e. The maximum atomic E-state index is 6.35. The van der Waals surface area contributed by atoms with E-state index in [9.17, 15) is 0 Å². The normalized spacial score (nSPS) is 13.6. The van der Waals surface area contributed by atoms with Crippen LogP contribution in [0.1, 0.15) is 48.5 Å². The molecule has 5 heteroatoms. The molecule has 0 saturated carbocycles. The minimum absolute atomic E-state index is 0.0456. The van der Waals surface area contributed by atoms with E-state index in [0.29, 0.717) is 0 Å². The number of nitrogens with two attached hydrogens (primary N) is 1. The van der Waals surface area contributed by atoms with Gasteiger partial charge in [-0.3, -0.25) is 4.98 Å². The van der Waals surface area contributed by atoms with E-state index in [1.54, 1.807) is 6.20 Å². The molecule has 0 radical (unpaired) electrons. The van der Waals surface area contributed by atoms with Gasteiger partial charge >= 0.3 is 0 Å². The third-order valence-corrected chi connectivity index (χ3v) is 3.73. The van der Waals surface area contributed by atoms with Crippen molar-refractivity contribution in [3.05, 3.63) is 40.2 Å². The molecule has 18 heavy (non-hydrogen) atoms. The van der Waals surface area contributed by atoms with Gasteiger partial charge in [-0.1, -0.05) is 25.3 Å². The molecule has 0 aliphatic carbocycles. The lowest BCUT2D eigenvalue weighted by Gasteiger charge is -2.20. The van der Waals surface area contributed by atoms with Gasteiger partial charge in [-0.25, -0.2) is 0 Å². The van der Waals surface area contributed by atoms with Crippen molar-refractivity contribution in [2.75, 3.05) is 0 Å². The molecule has 1 atom stereocenters. The zero-order chi connectivity index (χ0) is 13.3. The molecule has 0 spiro atoms. The first kappa shape index (κ1) is 13.1. The minimum atomic E-state index is -0.201. The second kappa shape index (κ2) is 4.74. The predicted molar refractivity (Wildman–Crippen MR) is 73.6 cm³/mol. The molecule has 0 bridgehead atoms. The summed E-state index contributed by atoms with van der Waals surface area (Å²) in [6.45, 7) is 8.41. The number of nitrogens with zero attached hydrogens (tertiary/aromatic N) is 3. The monoisotopic (exact) mass is 262 g/mol. The average Bonchev–Trinajstić information content (AvgIpc) is 2.77. The molecule has 0 aromatic carbocycles. The van der Waals surface area contributed by atoms with Gasteiger partial charge in [-0.05, 0) is 35.6 Å². The Morgan fingerprint density at radius 3 is 2.67 bits per heavy atom. The third-order valence-electron chi connectivity index (χ3n) is 2.92. The Hall–Kier alpha value is -1.33. The highest BCUT2D eigenvalue weighted by Gasteiger charge is 2.26. The Morgan fingerprint density at radius 1 is 1.33 bits per heavy atom. The number of hydrogen-bond acceptors (Lipinski definition) is 5. The van der Waals surface area contributed by atoms with E-state index in [-0.39, 0.29) is 11.5 Å². The minimum Gasteiger partial charge on any atom is -0.319 e. The van der Waals surface area contributed by atoms with Gasteiger partial charge in [-0.15, -0.1) is 5.10 Å². The summed E-state index contributed by atoms with van der Waals surface area (Å²) in [5, 5.41) is 4.23. The summed E-state index contributed by atoms with van der Waals surface area (Å²) >= 11 is 1.37. The lowest BCUT2D eigenvalue weighted by molar-refractivity contribution is 0.556. The third kappa shape index (κ3) is 2.42. The topological polar surface area (TPSA) is 64.7 Å². The number of aromatic nitrogens is 3. The van der Waals surface area contributed by atoms with Crippen molar-refractivity contribution >= 4 is 11.5 Å². The van der Waals surface area contributed by atoms with E-state index in [1.165, 1.54) is 11.5 Å². The second-order valence-corrected chi connectivity index (χ2v) is 6.23. The van der Waals surface area contributed by atoms with Crippen LogP contribution in [-0.2, 0) is 5.41 Å². The van der Waals surface area contributed by atoms with Crippen molar-refractivity contribution in [1.82, 2.24) is 14.6 Å². The van der Waals surface area contributed by atoms with Crippen LogP contribution in [0.3, 0.4) is 0 Å². The van der Waals surface area contributed by atoms with Gasteiger partial charge in [0.05, 0.1) is 16.6 Å². The molecule has 2 heterocycles. The molecule has 0 fully saturated rings. The van der Waals surface area contributed by atoms with E-state index in [4.69, 9.17) is 5.73 Å². The highest BCUT2D eigenvalue weighted by molar-refractivity contribution is 7.05. The lowest BCUT2D eigenvalue weighted by Crippen LogP contribution is -2.20. The Labute approximate surface area is 111 Å². The Morgan fingerprint density at radius 2 is 2.06 bits per heavy atom. The zero-order valence-electron chi connectivity index (χ0n) is 11.1. The van der Waals surface area contributed by atoms with E-state index < -0.39 is 0 Å². The van der Waals surface area contributed by atoms with E-state index >= 15 is 0 Å². The fourth-order valence-corrected chi connectivity index (χ4v) is 2.75. The Bertz CT molecular complexity index is 542. The molecule has 0 aliphatic rings. The molecule has 0 aliphatic heterocycles. The summed E-state index contributed by atoms with van der Waals surface area (Å²) in [5.74, 6) is 0. The maximum absolute atomic E-state index is 6.35. The molecule has 4 nitrogen and oxygen atoms in total. The molecule has 96 valence electrons. The van der Waals surface area contributed by atoms with Crippen LogP contribution in [0.15, 0.2) is 18.5 Å². The molecular formula is C13H18N4S. The SMILES string of the molecule is Cc1ccncc1C(N)c1snnc1C(C)(C)C. The molecule has 1 unspecified atom stereocenters. The fraction of sp³-hybridized carbons (Fsp3) is 0.462. The van der Waals surface area contributed by atoms with E-state index in [1.807, 2.05) is 19.2 Å². The van der Waals surface area contributed by atoms with Gasteiger partial charge in [-0.2, -0.15) is 0 Å². The highest BCUT2D eigenvalue weighted by atomic mass is 32.1. The van der Waals surface area contributed by atoms with Crippen molar-refractivity contribution < 1.29 is 0 Å². The summed E-state index contributed by atoms with van der Waals surface area (Å²) in [4.78, 5) is 5.18. The van der Waals surface area contributed by atoms with Crippen LogP contribution in [0.5, 0.6) is 0 Å². The highest BCUT2D eigenvalue weighted by Crippen LogP contribution is 2.32. The molecule has 2 rings (SSSR count). The standard InChI is InChI=1S/C13H18N4S/c1-8-5-6-15-7-9(8)10(14)11-12(13(2,3)4)16-17-18-11/h5-7,10H,14H2,1-4H3. The molecule has 2 aromatic heterocycles. The van der Waals surface area contributed by atoms with Crippen LogP contribution in [0.2, 0.25) is 0 Å². The molecule has 0 saturated heterocycles. The first-order chi connectivity index (χ1) is 8.41. The summed E-state index contributed by atoms with van der Waals surface area (Å²) in [6, 6.07) is 1.77. The number of hydrogen-bond donors (Lipinski definition) is 1. The second-order valence-electron chi connectivity index (χ2n) is 5.45. The Kier molecular flexibility index (Phi) is 3.45. The average molecular weight is 262 g/mol. The smallest absolute Gasteiger partial charge is 0.0860 e. The lowest BCUT2D eigenvalue weighted by atomic mass is 9.88. The summed E-state index contributed by atoms with van der Waals surface area (Å²) in [7, 11) is 0. The van der Waals surface area contributed by atoms with Crippen molar-refractivity contribution in [2.24, 2.45) is 5.73 Å². The summed E-state index contributed by atoms with van der Waals surface area (Å²) in [6.07, 6.45) is 3.60. The van der Waals surface area contributed by atoms with Crippen LogP contribution >= 0.6 is 11.5 Å². The largest absolute Gasteiger partial charge is 0.319 e. The van der Waals surface area contributed by atoms with Crippen molar-refractivity contribution in [2.45, 2.75) is 39.2 Å². The molecule has 2 N–H and O–H groups in total. The van der Waals surface area contributed by atoms with Crippen LogP contribution in [0.25, 0.3) is 0 Å². The summed E-state index contributed by atoms with van der Waals surface area (Å²) < 4.78 is 4.06. The summed E-state index contributed by atoms with van der Waals surface area (Å²) in [5.41, 5.74) is 9.46. The van der Waals surface area contributed by atoms with Gasteiger partial charge in [0.15, 0.2) is 0 Å². The van der Waals surface area contributed by atoms with Crippen LogP contribution < -0.4 is 5.73 Å². The van der Waals surface area contributed by atoms with Crippen molar-refractivity contribution in [3.63, 3.8) is 0 Å². The van der Waals surface area contributed by atoms with Gasteiger partial charge in [0.25, 0.3) is 0 Å². The quantitative estimate of drug-likeness (QED) is 0.903.